The lowest BCUT2D eigenvalue weighted by Crippen LogP contribution is -2.64. The summed E-state index contributed by atoms with van der Waals surface area (Å²) in [5.41, 5.74) is 0. The second-order valence-electron chi connectivity index (χ2n) is 6.68. The third kappa shape index (κ3) is 2.57. The van der Waals surface area contributed by atoms with Crippen LogP contribution < -0.4 is 0 Å². The zero-order valence-electron chi connectivity index (χ0n) is 14.0. The molecule has 136 valence electrons. The molecule has 0 radical (unpaired) electrons. The van der Waals surface area contributed by atoms with Crippen LogP contribution in [0.25, 0.3) is 0 Å². The number of alkyl halides is 1. The maximum Gasteiger partial charge on any atom is 0.333 e. The number of carbonyl (C=O) groups excluding carboxylic acids is 3. The lowest BCUT2D eigenvalue weighted by atomic mass is 9.98. The fourth-order valence-electron chi connectivity index (χ4n) is 2.78. The Balaban J connectivity index is 2.20. The Labute approximate surface area is 145 Å². The third-order valence-corrected chi connectivity index (χ3v) is 7.66. The van der Waals surface area contributed by atoms with Gasteiger partial charge in [0, 0.05) is 6.92 Å². The van der Waals surface area contributed by atoms with E-state index in [4.69, 9.17) is 21.1 Å². The van der Waals surface area contributed by atoms with Crippen LogP contribution in [0.15, 0.2) is 0 Å². The van der Waals surface area contributed by atoms with Crippen LogP contribution in [0.3, 0.4) is 0 Å². The number of hydrogen-bond donors (Lipinski definition) is 0. The Morgan fingerprint density at radius 1 is 1.21 bits per heavy atom. The number of hydrogen-bond acceptors (Lipinski definition) is 7. The Kier molecular flexibility index (Phi) is 4.64. The van der Waals surface area contributed by atoms with E-state index in [2.05, 4.69) is 0 Å². The van der Waals surface area contributed by atoms with Crippen molar-refractivity contribution in [1.82, 2.24) is 4.90 Å². The maximum absolute atomic E-state index is 12.5. The van der Waals surface area contributed by atoms with Crippen LogP contribution in [-0.2, 0) is 33.7 Å². The van der Waals surface area contributed by atoms with Gasteiger partial charge in [0.1, 0.15) is 16.2 Å². The SMILES string of the molecule is CC(OC(=O)C(C)C)OC(=O)[C@@H]1N2C(=O)[C@H](Cl)[C@H]2S(=O)(=O)C1(C)C. The van der Waals surface area contributed by atoms with E-state index in [1.807, 2.05) is 0 Å². The first-order chi connectivity index (χ1) is 10.8. The molecule has 2 saturated heterocycles. The highest BCUT2D eigenvalue weighted by atomic mass is 35.5. The summed E-state index contributed by atoms with van der Waals surface area (Å²) in [6, 6.07) is -1.34. The minimum Gasteiger partial charge on any atom is -0.425 e. The van der Waals surface area contributed by atoms with Crippen LogP contribution in [0.2, 0.25) is 0 Å². The van der Waals surface area contributed by atoms with Crippen molar-refractivity contribution < 1.29 is 32.3 Å². The molecular weight excluding hydrogens is 362 g/mol. The molecule has 0 spiro atoms. The Bertz CT molecular complexity index is 687. The van der Waals surface area contributed by atoms with Crippen molar-refractivity contribution in [2.24, 2.45) is 5.92 Å². The van der Waals surface area contributed by atoms with E-state index in [-0.39, 0.29) is 0 Å². The summed E-state index contributed by atoms with van der Waals surface area (Å²) in [6.07, 6.45) is -1.20. The highest BCUT2D eigenvalue weighted by Gasteiger charge is 2.72. The quantitative estimate of drug-likeness (QED) is 0.300. The first-order valence-electron chi connectivity index (χ1n) is 7.44. The second-order valence-corrected chi connectivity index (χ2v) is 9.78. The summed E-state index contributed by atoms with van der Waals surface area (Å²) >= 11 is 5.80. The average molecular weight is 382 g/mol. The van der Waals surface area contributed by atoms with Gasteiger partial charge in [0.2, 0.25) is 12.2 Å². The number of nitrogens with zero attached hydrogens (tertiary/aromatic N) is 1. The number of sulfone groups is 1. The molecule has 0 N–H and O–H groups in total. The predicted molar refractivity (Wildman–Crippen MR) is 83.5 cm³/mol. The molecule has 1 unspecified atom stereocenters. The summed E-state index contributed by atoms with van der Waals surface area (Å²) in [5, 5.41) is -2.45. The first-order valence-corrected chi connectivity index (χ1v) is 9.43. The molecule has 8 nitrogen and oxygen atoms in total. The van der Waals surface area contributed by atoms with Crippen LogP contribution in [0.1, 0.15) is 34.6 Å². The highest BCUT2D eigenvalue weighted by Crippen LogP contribution is 2.48. The average Bonchev–Trinajstić information content (AvgIpc) is 2.59. The van der Waals surface area contributed by atoms with Gasteiger partial charge in [0.25, 0.3) is 0 Å². The lowest BCUT2D eigenvalue weighted by Gasteiger charge is -2.39. The Morgan fingerprint density at radius 2 is 1.75 bits per heavy atom. The van der Waals surface area contributed by atoms with Gasteiger partial charge in [0.15, 0.2) is 15.2 Å². The summed E-state index contributed by atoms with van der Waals surface area (Å²) in [5.74, 6) is -2.56. The summed E-state index contributed by atoms with van der Waals surface area (Å²) in [4.78, 5) is 36.8. The van der Waals surface area contributed by atoms with Gasteiger partial charge < -0.3 is 14.4 Å². The molecule has 0 aromatic carbocycles. The number of amides is 1. The molecule has 2 rings (SSSR count). The second kappa shape index (κ2) is 5.87. The number of β-lactam (4-membered cyclic amide) rings is 1. The van der Waals surface area contributed by atoms with Crippen molar-refractivity contribution in [2.75, 3.05) is 0 Å². The predicted octanol–water partition coefficient (Wildman–Crippen LogP) is 0.426. The van der Waals surface area contributed by atoms with Gasteiger partial charge in [-0.05, 0) is 13.8 Å². The van der Waals surface area contributed by atoms with Gasteiger partial charge in [-0.3, -0.25) is 9.59 Å². The largest absolute Gasteiger partial charge is 0.425 e. The molecule has 0 saturated carbocycles. The molecule has 2 heterocycles. The molecule has 2 fully saturated rings. The topological polar surface area (TPSA) is 107 Å². The van der Waals surface area contributed by atoms with Crippen molar-refractivity contribution in [3.63, 3.8) is 0 Å². The van der Waals surface area contributed by atoms with Crippen molar-refractivity contribution in [3.05, 3.63) is 0 Å². The maximum atomic E-state index is 12.5. The summed E-state index contributed by atoms with van der Waals surface area (Å²) < 4.78 is 33.5. The number of fused-ring (bicyclic) bond motifs is 1. The lowest BCUT2D eigenvalue weighted by molar-refractivity contribution is -0.192. The molecule has 2 aliphatic heterocycles. The van der Waals surface area contributed by atoms with Crippen molar-refractivity contribution in [2.45, 2.75) is 62.4 Å². The molecule has 0 aromatic heterocycles. The third-order valence-electron chi connectivity index (χ3n) is 4.26. The monoisotopic (exact) mass is 381 g/mol. The van der Waals surface area contributed by atoms with E-state index in [1.54, 1.807) is 13.8 Å². The number of carbonyl (C=O) groups is 3. The minimum absolute atomic E-state index is 0.409. The summed E-state index contributed by atoms with van der Waals surface area (Å²) in [6.45, 7) is 7.26. The molecule has 0 bridgehead atoms. The number of ether oxygens (including phenoxy) is 2. The molecule has 0 aromatic rings. The van der Waals surface area contributed by atoms with Gasteiger partial charge >= 0.3 is 11.9 Å². The van der Waals surface area contributed by atoms with Crippen molar-refractivity contribution in [1.29, 1.82) is 0 Å². The Morgan fingerprint density at radius 3 is 2.25 bits per heavy atom. The van der Waals surface area contributed by atoms with E-state index in [0.29, 0.717) is 0 Å². The van der Waals surface area contributed by atoms with E-state index < -0.39 is 61.4 Å². The van der Waals surface area contributed by atoms with E-state index in [9.17, 15) is 22.8 Å². The smallest absolute Gasteiger partial charge is 0.333 e. The van der Waals surface area contributed by atoms with Gasteiger partial charge in [-0.15, -0.1) is 11.6 Å². The zero-order valence-corrected chi connectivity index (χ0v) is 15.6. The normalized spacial score (nSPS) is 31.2. The van der Waals surface area contributed by atoms with Crippen LogP contribution >= 0.6 is 11.6 Å². The van der Waals surface area contributed by atoms with Gasteiger partial charge in [-0.25, -0.2) is 13.2 Å². The molecule has 1 amide bonds. The standard InChI is InChI=1S/C14H20ClNO7S/c1-6(2)12(18)22-7(3)23-13(19)9-14(4,5)24(20,21)11-8(15)10(17)16(9)11/h6-9,11H,1-5H3/t7?,8-,9-,11+/m0/s1. The van der Waals surface area contributed by atoms with Crippen LogP contribution in [0.4, 0.5) is 0 Å². The van der Waals surface area contributed by atoms with Crippen LogP contribution in [0, 0.1) is 5.92 Å². The number of halogens is 1. The van der Waals surface area contributed by atoms with E-state index in [1.165, 1.54) is 20.8 Å². The van der Waals surface area contributed by atoms with Gasteiger partial charge in [-0.2, -0.15) is 0 Å². The molecule has 4 atom stereocenters. The van der Waals surface area contributed by atoms with Crippen molar-refractivity contribution in [3.8, 4) is 0 Å². The molecular formula is C14H20ClNO7S. The van der Waals surface area contributed by atoms with Crippen molar-refractivity contribution >= 4 is 39.3 Å². The number of rotatable bonds is 4. The van der Waals surface area contributed by atoms with Gasteiger partial charge in [-0.1, -0.05) is 13.8 Å². The molecule has 2 aliphatic rings. The minimum atomic E-state index is -3.85. The Hall–Kier alpha value is -1.35. The molecule has 10 heteroatoms. The van der Waals surface area contributed by atoms with Gasteiger partial charge in [0.05, 0.1) is 5.92 Å². The zero-order chi connectivity index (χ0) is 18.6. The fourth-order valence-corrected chi connectivity index (χ4v) is 5.52. The van der Waals surface area contributed by atoms with E-state index >= 15 is 0 Å². The molecule has 0 aliphatic carbocycles. The fraction of sp³-hybridized carbons (Fsp3) is 0.786. The first kappa shape index (κ1) is 19.0. The summed E-state index contributed by atoms with van der Waals surface area (Å²) in [7, 11) is -3.85. The van der Waals surface area contributed by atoms with Crippen LogP contribution in [0.5, 0.6) is 0 Å². The highest BCUT2D eigenvalue weighted by molar-refractivity contribution is 7.94. The van der Waals surface area contributed by atoms with Crippen LogP contribution in [-0.4, -0.2) is 59.0 Å². The number of esters is 2. The molecule has 24 heavy (non-hydrogen) atoms. The van der Waals surface area contributed by atoms with E-state index in [0.717, 1.165) is 4.90 Å².